The molecule has 0 heterocycles. The Hall–Kier alpha value is -1.56. The summed E-state index contributed by atoms with van der Waals surface area (Å²) < 4.78 is 6.47. The van der Waals surface area contributed by atoms with E-state index in [-0.39, 0.29) is 5.91 Å². The molecule has 0 fully saturated rings. The summed E-state index contributed by atoms with van der Waals surface area (Å²) in [7, 11) is 0. The minimum Gasteiger partial charge on any atom is -0.479 e. The number of hydrogen-bond acceptors (Lipinski definition) is 3. The number of carbonyl (C=O) groups is 1. The molecule has 0 aromatic heterocycles. The van der Waals surface area contributed by atoms with Crippen LogP contribution in [-0.2, 0) is 4.79 Å². The van der Waals surface area contributed by atoms with E-state index in [1.807, 2.05) is 24.3 Å². The molecule has 120 valence electrons. The van der Waals surface area contributed by atoms with Crippen molar-refractivity contribution in [3.63, 3.8) is 0 Å². The topological polar surface area (TPSA) is 50.7 Å². The van der Waals surface area contributed by atoms with E-state index in [1.54, 1.807) is 31.3 Å². The van der Waals surface area contributed by atoms with Gasteiger partial charge >= 0.3 is 0 Å². The molecule has 0 aliphatic rings. The second-order valence-electron chi connectivity index (χ2n) is 4.62. The first-order valence-corrected chi connectivity index (χ1v) is 8.21. The van der Waals surface area contributed by atoms with Crippen LogP contribution in [0.4, 0.5) is 0 Å². The van der Waals surface area contributed by atoms with E-state index in [0.29, 0.717) is 15.8 Å². The van der Waals surface area contributed by atoms with E-state index in [4.69, 9.17) is 27.9 Å². The average Bonchev–Trinajstić information content (AvgIpc) is 2.51. The lowest BCUT2D eigenvalue weighted by molar-refractivity contribution is -0.127. The van der Waals surface area contributed by atoms with E-state index in [1.165, 1.54) is 0 Å². The molecule has 1 atom stereocenters. The van der Waals surface area contributed by atoms with E-state index in [2.05, 4.69) is 26.5 Å². The minimum absolute atomic E-state index is 0.343. The molecule has 1 unspecified atom stereocenters. The molecule has 0 radical (unpaired) electrons. The fourth-order valence-corrected chi connectivity index (χ4v) is 2.34. The Morgan fingerprint density at radius 3 is 2.61 bits per heavy atom. The molecule has 0 spiro atoms. The summed E-state index contributed by atoms with van der Waals surface area (Å²) in [5, 5.41) is 4.74. The molecule has 2 aromatic rings. The summed E-state index contributed by atoms with van der Waals surface area (Å²) in [6, 6.07) is 12.3. The molecule has 0 saturated heterocycles. The SMILES string of the molecule is CC(Oc1ccc(Cl)cc1Cl)C(=O)N/N=C/c1ccc(Br)cc1. The van der Waals surface area contributed by atoms with Crippen molar-refractivity contribution in [2.75, 3.05) is 0 Å². The Morgan fingerprint density at radius 2 is 1.96 bits per heavy atom. The lowest BCUT2D eigenvalue weighted by Crippen LogP contribution is -2.33. The number of amides is 1. The first-order valence-electron chi connectivity index (χ1n) is 6.66. The number of nitrogens with one attached hydrogen (secondary N) is 1. The fourth-order valence-electron chi connectivity index (χ4n) is 1.62. The van der Waals surface area contributed by atoms with Crippen molar-refractivity contribution >= 4 is 51.3 Å². The van der Waals surface area contributed by atoms with Crippen LogP contribution in [-0.4, -0.2) is 18.2 Å². The van der Waals surface area contributed by atoms with E-state index in [0.717, 1.165) is 10.0 Å². The highest BCUT2D eigenvalue weighted by Gasteiger charge is 2.15. The summed E-state index contributed by atoms with van der Waals surface area (Å²) >= 11 is 15.2. The summed E-state index contributed by atoms with van der Waals surface area (Å²) in [5.74, 6) is -0.0000146. The molecule has 0 bridgehead atoms. The number of hydrogen-bond donors (Lipinski definition) is 1. The predicted molar refractivity (Wildman–Crippen MR) is 96.4 cm³/mol. The van der Waals surface area contributed by atoms with Crippen LogP contribution in [0.15, 0.2) is 52.0 Å². The van der Waals surface area contributed by atoms with Gasteiger partial charge < -0.3 is 4.74 Å². The van der Waals surface area contributed by atoms with Crippen molar-refractivity contribution in [3.8, 4) is 5.75 Å². The number of hydrazone groups is 1. The predicted octanol–water partition coefficient (Wildman–Crippen LogP) is 4.67. The first kappa shape index (κ1) is 17.8. The molecule has 0 aliphatic carbocycles. The molecular weight excluding hydrogens is 403 g/mol. The van der Waals surface area contributed by atoms with Crippen molar-refractivity contribution in [3.05, 3.63) is 62.5 Å². The van der Waals surface area contributed by atoms with Gasteiger partial charge in [-0.3, -0.25) is 4.79 Å². The molecule has 7 heteroatoms. The van der Waals surface area contributed by atoms with Gasteiger partial charge in [-0.15, -0.1) is 0 Å². The highest BCUT2D eigenvalue weighted by molar-refractivity contribution is 9.10. The first-order chi connectivity index (χ1) is 11.0. The molecule has 23 heavy (non-hydrogen) atoms. The molecule has 2 aromatic carbocycles. The van der Waals surface area contributed by atoms with Crippen molar-refractivity contribution in [1.82, 2.24) is 5.43 Å². The maximum Gasteiger partial charge on any atom is 0.280 e. The van der Waals surface area contributed by atoms with Gasteiger partial charge in [0.25, 0.3) is 5.91 Å². The van der Waals surface area contributed by atoms with Gasteiger partial charge in [0, 0.05) is 9.50 Å². The highest BCUT2D eigenvalue weighted by atomic mass is 79.9. The largest absolute Gasteiger partial charge is 0.479 e. The van der Waals surface area contributed by atoms with E-state index in [9.17, 15) is 4.79 Å². The Bertz CT molecular complexity index is 721. The number of benzene rings is 2. The quantitative estimate of drug-likeness (QED) is 0.569. The smallest absolute Gasteiger partial charge is 0.280 e. The van der Waals surface area contributed by atoms with Crippen molar-refractivity contribution in [2.45, 2.75) is 13.0 Å². The summed E-state index contributed by atoms with van der Waals surface area (Å²) in [6.45, 7) is 1.61. The third-order valence-electron chi connectivity index (χ3n) is 2.83. The van der Waals surface area contributed by atoms with Gasteiger partial charge in [0.1, 0.15) is 5.75 Å². The zero-order valence-electron chi connectivity index (χ0n) is 12.1. The Kier molecular flexibility index (Phi) is 6.45. The van der Waals surface area contributed by atoms with Gasteiger partial charge in [0.05, 0.1) is 11.2 Å². The number of rotatable bonds is 5. The number of carbonyl (C=O) groups excluding carboxylic acids is 1. The maximum atomic E-state index is 11.9. The van der Waals surface area contributed by atoms with Gasteiger partial charge in [0.15, 0.2) is 6.10 Å². The molecule has 0 aliphatic heterocycles. The Morgan fingerprint density at radius 1 is 1.26 bits per heavy atom. The normalized spacial score (nSPS) is 12.2. The van der Waals surface area contributed by atoms with Crippen LogP contribution in [0.2, 0.25) is 10.0 Å². The molecule has 1 amide bonds. The summed E-state index contributed by atoms with van der Waals surface area (Å²) in [4.78, 5) is 11.9. The second kappa shape index (κ2) is 8.34. The van der Waals surface area contributed by atoms with Crippen LogP contribution >= 0.6 is 39.1 Å². The average molecular weight is 416 g/mol. The van der Waals surface area contributed by atoms with Crippen LogP contribution in [0.25, 0.3) is 0 Å². The Labute approximate surface area is 152 Å². The standard InChI is InChI=1S/C16H13BrCl2N2O2/c1-10(23-15-7-6-13(18)8-14(15)19)16(22)21-20-9-11-2-4-12(17)5-3-11/h2-10H,1H3,(H,21,22)/b20-9+. The highest BCUT2D eigenvalue weighted by Crippen LogP contribution is 2.28. The third-order valence-corrected chi connectivity index (χ3v) is 3.88. The van der Waals surface area contributed by atoms with Gasteiger partial charge in [-0.05, 0) is 42.8 Å². The van der Waals surface area contributed by atoms with Gasteiger partial charge in [0.2, 0.25) is 0 Å². The fraction of sp³-hybridized carbons (Fsp3) is 0.125. The Balaban J connectivity index is 1.90. The van der Waals surface area contributed by atoms with Crippen molar-refractivity contribution in [1.29, 1.82) is 0 Å². The molecule has 1 N–H and O–H groups in total. The van der Waals surface area contributed by atoms with Crippen LogP contribution in [0.1, 0.15) is 12.5 Å². The number of halogens is 3. The summed E-state index contributed by atoms with van der Waals surface area (Å²) in [6.07, 6.45) is 0.794. The third kappa shape index (κ3) is 5.53. The number of nitrogens with zero attached hydrogens (tertiary/aromatic N) is 1. The molecule has 2 rings (SSSR count). The van der Waals surface area contributed by atoms with Crippen LogP contribution < -0.4 is 10.2 Å². The lowest BCUT2D eigenvalue weighted by Gasteiger charge is -2.14. The zero-order chi connectivity index (χ0) is 16.8. The molecular formula is C16H13BrCl2N2O2. The number of ether oxygens (including phenoxy) is 1. The maximum absolute atomic E-state index is 11.9. The monoisotopic (exact) mass is 414 g/mol. The minimum atomic E-state index is -0.754. The van der Waals surface area contributed by atoms with E-state index < -0.39 is 6.10 Å². The zero-order valence-corrected chi connectivity index (χ0v) is 15.2. The lowest BCUT2D eigenvalue weighted by atomic mass is 10.2. The second-order valence-corrected chi connectivity index (χ2v) is 6.38. The van der Waals surface area contributed by atoms with Crippen LogP contribution in [0.5, 0.6) is 5.75 Å². The van der Waals surface area contributed by atoms with Gasteiger partial charge in [-0.1, -0.05) is 51.3 Å². The van der Waals surface area contributed by atoms with Gasteiger partial charge in [-0.2, -0.15) is 5.10 Å². The molecule has 4 nitrogen and oxygen atoms in total. The van der Waals surface area contributed by atoms with Gasteiger partial charge in [-0.25, -0.2) is 5.43 Å². The van der Waals surface area contributed by atoms with E-state index >= 15 is 0 Å². The van der Waals surface area contributed by atoms with Crippen molar-refractivity contribution in [2.24, 2.45) is 5.10 Å². The van der Waals surface area contributed by atoms with Crippen molar-refractivity contribution < 1.29 is 9.53 Å². The van der Waals surface area contributed by atoms with Crippen LogP contribution in [0.3, 0.4) is 0 Å². The molecule has 0 saturated carbocycles. The summed E-state index contributed by atoms with van der Waals surface area (Å²) in [5.41, 5.74) is 3.28. The van der Waals surface area contributed by atoms with Crippen LogP contribution in [0, 0.1) is 0 Å².